The highest BCUT2D eigenvalue weighted by Gasteiger charge is 2.25. The number of hydrogen-bond donors (Lipinski definition) is 3. The number of rotatable bonds is 7. The van der Waals surface area contributed by atoms with Crippen molar-refractivity contribution in [3.8, 4) is 11.3 Å². The van der Waals surface area contributed by atoms with Gasteiger partial charge < -0.3 is 0 Å². The van der Waals surface area contributed by atoms with Crippen molar-refractivity contribution in [2.75, 3.05) is 13.1 Å². The van der Waals surface area contributed by atoms with E-state index >= 15 is 0 Å². The van der Waals surface area contributed by atoms with Gasteiger partial charge in [0, 0.05) is 24.2 Å². The summed E-state index contributed by atoms with van der Waals surface area (Å²) in [6.45, 7) is 5.81. The molecule has 0 spiro atoms. The summed E-state index contributed by atoms with van der Waals surface area (Å²) in [5.41, 5.74) is 6.85. The molecular weight excluding hydrogens is 430 g/mol. The average Bonchev–Trinajstić information content (AvgIpc) is 3.29. The van der Waals surface area contributed by atoms with Gasteiger partial charge in [-0.15, -0.1) is 0 Å². The van der Waals surface area contributed by atoms with Crippen LogP contribution in [-0.2, 0) is 10.0 Å². The first kappa shape index (κ1) is 23.2. The summed E-state index contributed by atoms with van der Waals surface area (Å²) >= 11 is 0. The van der Waals surface area contributed by atoms with Crippen LogP contribution in [0.1, 0.15) is 40.3 Å². The van der Waals surface area contributed by atoms with Gasteiger partial charge >= 0.3 is 0 Å². The second-order valence-electron chi connectivity index (χ2n) is 7.01. The second kappa shape index (κ2) is 9.75. The summed E-state index contributed by atoms with van der Waals surface area (Å²) < 4.78 is 27.1. The van der Waals surface area contributed by atoms with Crippen LogP contribution < -0.4 is 10.9 Å². The van der Waals surface area contributed by atoms with E-state index in [-0.39, 0.29) is 16.2 Å². The monoisotopic (exact) mass is 455 g/mol. The van der Waals surface area contributed by atoms with E-state index in [1.807, 2.05) is 30.3 Å². The molecule has 0 aliphatic heterocycles. The van der Waals surface area contributed by atoms with Crippen molar-refractivity contribution in [2.24, 2.45) is 0 Å². The number of aromatic nitrogens is 2. The number of sulfonamides is 1. The third-order valence-corrected chi connectivity index (χ3v) is 7.15. The lowest BCUT2D eigenvalue weighted by Gasteiger charge is -2.20. The normalized spacial score (nSPS) is 11.4. The number of benzene rings is 2. The van der Waals surface area contributed by atoms with Gasteiger partial charge in [-0.05, 0) is 30.7 Å². The van der Waals surface area contributed by atoms with E-state index in [2.05, 4.69) is 21.0 Å². The molecule has 0 aliphatic carbocycles. The van der Waals surface area contributed by atoms with Crippen molar-refractivity contribution in [1.82, 2.24) is 25.4 Å². The van der Waals surface area contributed by atoms with Crippen molar-refractivity contribution >= 4 is 21.8 Å². The number of aryl methyl sites for hydroxylation is 1. The first-order valence-electron chi connectivity index (χ1n) is 10.1. The fourth-order valence-electron chi connectivity index (χ4n) is 3.17. The molecule has 2 aromatic carbocycles. The summed E-state index contributed by atoms with van der Waals surface area (Å²) in [5.74, 6) is -1.23. The number of nitrogens with one attached hydrogen (secondary N) is 3. The zero-order chi connectivity index (χ0) is 23.3. The zero-order valence-electron chi connectivity index (χ0n) is 18.0. The summed E-state index contributed by atoms with van der Waals surface area (Å²) in [5, 5.41) is 6.73. The second-order valence-corrected chi connectivity index (χ2v) is 8.92. The van der Waals surface area contributed by atoms with Gasteiger partial charge in [0.05, 0.1) is 10.6 Å². The number of carbonyl (C=O) groups excluding carboxylic acids is 2. The molecule has 0 fully saturated rings. The number of amides is 2. The number of aromatic amines is 1. The summed E-state index contributed by atoms with van der Waals surface area (Å²) in [7, 11) is -3.73. The number of hydrazine groups is 1. The molecule has 168 valence electrons. The Bertz CT molecular complexity index is 1220. The van der Waals surface area contributed by atoms with E-state index in [0.29, 0.717) is 24.3 Å². The van der Waals surface area contributed by atoms with Crippen molar-refractivity contribution in [3.63, 3.8) is 0 Å². The molecule has 9 nitrogen and oxygen atoms in total. The maximum absolute atomic E-state index is 12.9. The van der Waals surface area contributed by atoms with Crippen LogP contribution in [0.25, 0.3) is 11.3 Å². The molecular formula is C22H25N5O4S. The van der Waals surface area contributed by atoms with Gasteiger partial charge in [0.1, 0.15) is 5.69 Å². The van der Waals surface area contributed by atoms with Crippen LogP contribution in [0, 0.1) is 6.92 Å². The van der Waals surface area contributed by atoms with E-state index < -0.39 is 21.8 Å². The van der Waals surface area contributed by atoms with Crippen molar-refractivity contribution in [1.29, 1.82) is 0 Å². The number of hydrogen-bond acceptors (Lipinski definition) is 5. The predicted molar refractivity (Wildman–Crippen MR) is 120 cm³/mol. The number of nitrogens with zero attached hydrogens (tertiary/aromatic N) is 2. The van der Waals surface area contributed by atoms with Crippen molar-refractivity contribution in [3.05, 3.63) is 71.4 Å². The van der Waals surface area contributed by atoms with Crippen LogP contribution in [0.3, 0.4) is 0 Å². The Morgan fingerprint density at radius 2 is 1.62 bits per heavy atom. The van der Waals surface area contributed by atoms with E-state index in [1.165, 1.54) is 16.4 Å². The molecule has 0 saturated heterocycles. The molecule has 1 aromatic heterocycles. The maximum atomic E-state index is 12.9. The van der Waals surface area contributed by atoms with Crippen LogP contribution >= 0.6 is 0 Å². The molecule has 10 heteroatoms. The molecule has 0 atom stereocenters. The molecule has 3 N–H and O–H groups in total. The predicted octanol–water partition coefficient (Wildman–Crippen LogP) is 2.49. The molecule has 1 heterocycles. The number of H-pyrrole nitrogens is 1. The van der Waals surface area contributed by atoms with Gasteiger partial charge in [-0.25, -0.2) is 8.42 Å². The SMILES string of the molecule is CCN(CC)S(=O)(=O)c1cc(C(=O)NNC(=O)c2cc(-c3ccccc3)n[nH]2)ccc1C. The van der Waals surface area contributed by atoms with Crippen LogP contribution in [0.2, 0.25) is 0 Å². The van der Waals surface area contributed by atoms with Crippen molar-refractivity contribution < 1.29 is 18.0 Å². The molecule has 0 bridgehead atoms. The molecule has 0 unspecified atom stereocenters. The highest BCUT2D eigenvalue weighted by molar-refractivity contribution is 7.89. The number of carbonyl (C=O) groups is 2. The van der Waals surface area contributed by atoms with Gasteiger partial charge in [0.2, 0.25) is 10.0 Å². The quantitative estimate of drug-likeness (QED) is 0.472. The van der Waals surface area contributed by atoms with Gasteiger partial charge in [-0.1, -0.05) is 50.2 Å². The lowest BCUT2D eigenvalue weighted by Crippen LogP contribution is -2.42. The summed E-state index contributed by atoms with van der Waals surface area (Å²) in [6, 6.07) is 15.3. The molecule has 0 radical (unpaired) electrons. The van der Waals surface area contributed by atoms with Gasteiger partial charge in [-0.2, -0.15) is 9.40 Å². The minimum Gasteiger partial charge on any atom is -0.272 e. The van der Waals surface area contributed by atoms with E-state index in [1.54, 1.807) is 32.9 Å². The Morgan fingerprint density at radius 1 is 0.969 bits per heavy atom. The van der Waals surface area contributed by atoms with Crippen molar-refractivity contribution in [2.45, 2.75) is 25.7 Å². The molecule has 0 aliphatic rings. The van der Waals surface area contributed by atoms with E-state index in [9.17, 15) is 18.0 Å². The lowest BCUT2D eigenvalue weighted by atomic mass is 10.1. The van der Waals surface area contributed by atoms with E-state index in [4.69, 9.17) is 0 Å². The molecule has 32 heavy (non-hydrogen) atoms. The van der Waals surface area contributed by atoms with Gasteiger partial charge in [0.25, 0.3) is 11.8 Å². The van der Waals surface area contributed by atoms with Crippen LogP contribution in [0.15, 0.2) is 59.5 Å². The molecule has 3 aromatic rings. The Kier molecular flexibility index (Phi) is 7.06. The largest absolute Gasteiger partial charge is 0.287 e. The lowest BCUT2D eigenvalue weighted by molar-refractivity contribution is 0.0844. The third kappa shape index (κ3) is 4.87. The third-order valence-electron chi connectivity index (χ3n) is 4.96. The standard InChI is InChI=1S/C22H25N5O4S/c1-4-27(5-2)32(30,31)20-13-17(12-11-15(20)3)21(28)25-26-22(29)19-14-18(23-24-19)16-9-7-6-8-10-16/h6-14H,4-5H2,1-3H3,(H,23,24)(H,25,28)(H,26,29). The molecule has 3 rings (SSSR count). The van der Waals surface area contributed by atoms with Gasteiger partial charge in [-0.3, -0.25) is 25.5 Å². The van der Waals surface area contributed by atoms with Gasteiger partial charge in [0.15, 0.2) is 0 Å². The first-order valence-corrected chi connectivity index (χ1v) is 11.5. The summed E-state index contributed by atoms with van der Waals surface area (Å²) in [4.78, 5) is 25.0. The smallest absolute Gasteiger partial charge is 0.272 e. The van der Waals surface area contributed by atoms with Crippen LogP contribution in [-0.4, -0.2) is 47.8 Å². The average molecular weight is 456 g/mol. The Hall–Kier alpha value is -3.50. The van der Waals surface area contributed by atoms with Crippen LogP contribution in [0.4, 0.5) is 0 Å². The fourth-order valence-corrected chi connectivity index (χ4v) is 4.88. The Labute approximate surface area is 186 Å². The molecule has 2 amide bonds. The fraction of sp³-hybridized carbons (Fsp3) is 0.227. The van der Waals surface area contributed by atoms with Crippen LogP contribution in [0.5, 0.6) is 0 Å². The minimum atomic E-state index is -3.73. The maximum Gasteiger partial charge on any atom is 0.287 e. The highest BCUT2D eigenvalue weighted by atomic mass is 32.2. The topological polar surface area (TPSA) is 124 Å². The van der Waals surface area contributed by atoms with E-state index in [0.717, 1.165) is 5.56 Å². The minimum absolute atomic E-state index is 0.0567. The summed E-state index contributed by atoms with van der Waals surface area (Å²) in [6.07, 6.45) is 0. The molecule has 0 saturated carbocycles. The zero-order valence-corrected chi connectivity index (χ0v) is 18.9. The Balaban J connectivity index is 1.72. The Morgan fingerprint density at radius 3 is 2.28 bits per heavy atom. The highest BCUT2D eigenvalue weighted by Crippen LogP contribution is 2.21. The first-order chi connectivity index (χ1) is 15.3.